The van der Waals surface area contributed by atoms with Gasteiger partial charge in [0.25, 0.3) is 5.91 Å². The quantitative estimate of drug-likeness (QED) is 0.890. The summed E-state index contributed by atoms with van der Waals surface area (Å²) in [6.45, 7) is 4.69. The maximum absolute atomic E-state index is 11.8. The van der Waals surface area contributed by atoms with E-state index in [2.05, 4.69) is 30.2 Å². The number of nitrogens with two attached hydrogens (primary N) is 1. The number of anilines is 1. The molecule has 0 fully saturated rings. The second-order valence-corrected chi connectivity index (χ2v) is 5.45. The number of rotatable bonds is 3. The molecule has 0 saturated carbocycles. The van der Waals surface area contributed by atoms with Crippen molar-refractivity contribution in [2.45, 2.75) is 20.4 Å². The summed E-state index contributed by atoms with van der Waals surface area (Å²) in [6.07, 6.45) is 1.48. The highest BCUT2D eigenvalue weighted by Crippen LogP contribution is 2.20. The SMILES string of the molecule is Cc1cc(CNC(=O)c2ccc(N)nc2)sc1C. The van der Waals surface area contributed by atoms with Crippen LogP contribution in [0.25, 0.3) is 0 Å². The molecule has 0 aliphatic rings. The Morgan fingerprint density at radius 3 is 2.78 bits per heavy atom. The lowest BCUT2D eigenvalue weighted by molar-refractivity contribution is 0.0951. The van der Waals surface area contributed by atoms with E-state index in [1.807, 2.05) is 0 Å². The Labute approximate surface area is 110 Å². The summed E-state index contributed by atoms with van der Waals surface area (Å²) in [5.74, 6) is 0.280. The number of carbonyl (C=O) groups excluding carboxylic acids is 1. The lowest BCUT2D eigenvalue weighted by Crippen LogP contribution is -2.22. The number of nitrogens with zero attached hydrogens (tertiary/aromatic N) is 1. The van der Waals surface area contributed by atoms with Crippen LogP contribution in [-0.2, 0) is 6.54 Å². The van der Waals surface area contributed by atoms with Crippen LogP contribution in [0.3, 0.4) is 0 Å². The summed E-state index contributed by atoms with van der Waals surface area (Å²) in [6, 6.07) is 5.39. The van der Waals surface area contributed by atoms with E-state index in [1.165, 1.54) is 16.6 Å². The number of nitrogen functional groups attached to an aromatic ring is 1. The van der Waals surface area contributed by atoms with Crippen molar-refractivity contribution in [1.29, 1.82) is 0 Å². The zero-order chi connectivity index (χ0) is 13.1. The van der Waals surface area contributed by atoms with E-state index < -0.39 is 0 Å². The maximum atomic E-state index is 11.8. The van der Waals surface area contributed by atoms with Crippen LogP contribution >= 0.6 is 11.3 Å². The molecule has 2 heterocycles. The first kappa shape index (κ1) is 12.6. The summed E-state index contributed by atoms with van der Waals surface area (Å²) >= 11 is 1.70. The fourth-order valence-corrected chi connectivity index (χ4v) is 2.54. The van der Waals surface area contributed by atoms with E-state index in [0.29, 0.717) is 17.9 Å². The standard InChI is InChI=1S/C13H15N3OS/c1-8-5-11(18-9(8)2)7-16-13(17)10-3-4-12(14)15-6-10/h3-6H,7H2,1-2H3,(H2,14,15)(H,16,17). The summed E-state index contributed by atoms with van der Waals surface area (Å²) in [4.78, 5) is 18.2. The summed E-state index contributed by atoms with van der Waals surface area (Å²) in [5, 5.41) is 2.87. The molecule has 3 N–H and O–H groups in total. The molecular formula is C13H15N3OS. The van der Waals surface area contributed by atoms with Crippen LogP contribution in [0, 0.1) is 13.8 Å². The molecular weight excluding hydrogens is 246 g/mol. The van der Waals surface area contributed by atoms with Gasteiger partial charge in [-0.1, -0.05) is 0 Å². The number of hydrogen-bond acceptors (Lipinski definition) is 4. The van der Waals surface area contributed by atoms with E-state index in [0.717, 1.165) is 4.88 Å². The van der Waals surface area contributed by atoms with Gasteiger partial charge in [-0.15, -0.1) is 11.3 Å². The van der Waals surface area contributed by atoms with Crippen LogP contribution in [-0.4, -0.2) is 10.9 Å². The Morgan fingerprint density at radius 1 is 1.44 bits per heavy atom. The van der Waals surface area contributed by atoms with Gasteiger partial charge in [-0.05, 0) is 37.6 Å². The van der Waals surface area contributed by atoms with Crippen LogP contribution < -0.4 is 11.1 Å². The van der Waals surface area contributed by atoms with Gasteiger partial charge >= 0.3 is 0 Å². The number of thiophene rings is 1. The van der Waals surface area contributed by atoms with Crippen molar-refractivity contribution in [2.24, 2.45) is 0 Å². The van der Waals surface area contributed by atoms with Gasteiger partial charge in [0.05, 0.1) is 12.1 Å². The number of carbonyl (C=O) groups is 1. The van der Waals surface area contributed by atoms with Crippen molar-refractivity contribution in [3.05, 3.63) is 45.3 Å². The zero-order valence-electron chi connectivity index (χ0n) is 10.4. The number of nitrogens with one attached hydrogen (secondary N) is 1. The van der Waals surface area contributed by atoms with Crippen LogP contribution in [0.2, 0.25) is 0 Å². The van der Waals surface area contributed by atoms with E-state index in [-0.39, 0.29) is 5.91 Å². The van der Waals surface area contributed by atoms with Gasteiger partial charge in [0.15, 0.2) is 0 Å². The van der Waals surface area contributed by atoms with E-state index in [9.17, 15) is 4.79 Å². The second kappa shape index (κ2) is 5.18. The van der Waals surface area contributed by atoms with Gasteiger partial charge in [0.2, 0.25) is 0 Å². The molecule has 2 rings (SSSR count). The predicted octanol–water partition coefficient (Wildman–Crippen LogP) is 2.27. The smallest absolute Gasteiger partial charge is 0.253 e. The third-order valence-electron chi connectivity index (χ3n) is 2.69. The molecule has 0 saturated heterocycles. The number of hydrogen-bond donors (Lipinski definition) is 2. The van der Waals surface area contributed by atoms with Crippen molar-refractivity contribution in [3.8, 4) is 0 Å². The molecule has 1 amide bonds. The minimum Gasteiger partial charge on any atom is -0.384 e. The van der Waals surface area contributed by atoms with Crippen LogP contribution in [0.5, 0.6) is 0 Å². The molecule has 0 radical (unpaired) electrons. The molecule has 2 aromatic rings. The Balaban J connectivity index is 1.98. The lowest BCUT2D eigenvalue weighted by atomic mass is 10.2. The first-order valence-electron chi connectivity index (χ1n) is 5.62. The molecule has 0 unspecified atom stereocenters. The predicted molar refractivity (Wildman–Crippen MR) is 73.6 cm³/mol. The van der Waals surface area contributed by atoms with Gasteiger partial charge in [0, 0.05) is 16.0 Å². The van der Waals surface area contributed by atoms with E-state index >= 15 is 0 Å². The highest BCUT2D eigenvalue weighted by molar-refractivity contribution is 7.12. The minimum absolute atomic E-state index is 0.133. The van der Waals surface area contributed by atoms with E-state index in [4.69, 9.17) is 5.73 Å². The highest BCUT2D eigenvalue weighted by atomic mass is 32.1. The molecule has 4 nitrogen and oxygen atoms in total. The van der Waals surface area contributed by atoms with Crippen molar-refractivity contribution in [1.82, 2.24) is 10.3 Å². The first-order chi connectivity index (χ1) is 8.56. The third-order valence-corrected chi connectivity index (χ3v) is 3.84. The maximum Gasteiger partial charge on any atom is 0.253 e. The average molecular weight is 261 g/mol. The van der Waals surface area contributed by atoms with Gasteiger partial charge in [-0.25, -0.2) is 4.98 Å². The van der Waals surface area contributed by atoms with Crippen LogP contribution in [0.1, 0.15) is 25.7 Å². The highest BCUT2D eigenvalue weighted by Gasteiger charge is 2.07. The molecule has 94 valence electrons. The normalized spacial score (nSPS) is 10.3. The fourth-order valence-electron chi connectivity index (χ4n) is 1.55. The summed E-state index contributed by atoms with van der Waals surface area (Å²) < 4.78 is 0. The molecule has 2 aromatic heterocycles. The van der Waals surface area contributed by atoms with Crippen molar-refractivity contribution < 1.29 is 4.79 Å². The van der Waals surface area contributed by atoms with Gasteiger partial charge in [0.1, 0.15) is 5.82 Å². The topological polar surface area (TPSA) is 68.0 Å². The Bertz CT molecular complexity index is 541. The van der Waals surface area contributed by atoms with Gasteiger partial charge in [-0.3, -0.25) is 4.79 Å². The molecule has 5 heteroatoms. The number of aryl methyl sites for hydroxylation is 2. The number of pyridine rings is 1. The minimum atomic E-state index is -0.133. The molecule has 18 heavy (non-hydrogen) atoms. The third kappa shape index (κ3) is 2.87. The molecule has 0 bridgehead atoms. The fraction of sp³-hybridized carbons (Fsp3) is 0.231. The average Bonchev–Trinajstić information content (AvgIpc) is 2.67. The zero-order valence-corrected chi connectivity index (χ0v) is 11.2. The summed E-state index contributed by atoms with van der Waals surface area (Å²) in [7, 11) is 0. The first-order valence-corrected chi connectivity index (χ1v) is 6.43. The molecule has 0 aliphatic carbocycles. The largest absolute Gasteiger partial charge is 0.384 e. The van der Waals surface area contributed by atoms with Gasteiger partial charge < -0.3 is 11.1 Å². The second-order valence-electron chi connectivity index (χ2n) is 4.11. The Kier molecular flexibility index (Phi) is 3.62. The molecule has 0 aliphatic heterocycles. The Hall–Kier alpha value is -1.88. The van der Waals surface area contributed by atoms with Crippen molar-refractivity contribution in [2.75, 3.05) is 5.73 Å². The summed E-state index contributed by atoms with van der Waals surface area (Å²) in [5.41, 5.74) is 7.25. The van der Waals surface area contributed by atoms with Gasteiger partial charge in [-0.2, -0.15) is 0 Å². The molecule has 0 atom stereocenters. The van der Waals surface area contributed by atoms with Crippen molar-refractivity contribution >= 4 is 23.1 Å². The van der Waals surface area contributed by atoms with Crippen LogP contribution in [0.15, 0.2) is 24.4 Å². The number of amides is 1. The van der Waals surface area contributed by atoms with E-state index in [1.54, 1.807) is 23.5 Å². The van der Waals surface area contributed by atoms with Crippen molar-refractivity contribution in [3.63, 3.8) is 0 Å². The lowest BCUT2D eigenvalue weighted by Gasteiger charge is -2.03. The number of aromatic nitrogens is 1. The molecule has 0 aromatic carbocycles. The monoisotopic (exact) mass is 261 g/mol. The molecule has 0 spiro atoms. The Morgan fingerprint density at radius 2 is 2.22 bits per heavy atom. The van der Waals surface area contributed by atoms with Crippen LogP contribution in [0.4, 0.5) is 5.82 Å².